The molecule has 0 aromatic heterocycles. The van der Waals surface area contributed by atoms with Crippen molar-refractivity contribution in [3.63, 3.8) is 0 Å². The second kappa shape index (κ2) is 3.93. The van der Waals surface area contributed by atoms with Gasteiger partial charge in [0.25, 0.3) is 0 Å². The molecule has 1 saturated heterocycles. The summed E-state index contributed by atoms with van der Waals surface area (Å²) < 4.78 is 0. The number of carboxylic acid groups (broad SMARTS) is 1. The van der Waals surface area contributed by atoms with Crippen molar-refractivity contribution in [1.82, 2.24) is 5.32 Å². The molecule has 2 rings (SSSR count). The van der Waals surface area contributed by atoms with Gasteiger partial charge in [0, 0.05) is 5.92 Å². The van der Waals surface area contributed by atoms with Crippen LogP contribution >= 0.6 is 0 Å². The van der Waals surface area contributed by atoms with Crippen molar-refractivity contribution < 1.29 is 14.7 Å². The molecule has 1 aliphatic carbocycles. The molecular weight excluding hydrogens is 194 g/mol. The van der Waals surface area contributed by atoms with E-state index >= 15 is 0 Å². The number of hydrogen-bond acceptors (Lipinski definition) is 3. The zero-order chi connectivity index (χ0) is 10.9. The van der Waals surface area contributed by atoms with Crippen LogP contribution in [0.25, 0.3) is 0 Å². The number of Topliss-reactive ketones (excluding diaryl/α,β-unsaturated/α-hetero) is 1. The fourth-order valence-electron chi connectivity index (χ4n) is 2.86. The van der Waals surface area contributed by atoms with Gasteiger partial charge in [-0.1, -0.05) is 0 Å². The second-order valence-electron chi connectivity index (χ2n) is 4.66. The molecule has 1 saturated carbocycles. The molecule has 0 aromatic carbocycles. The van der Waals surface area contributed by atoms with Gasteiger partial charge in [-0.3, -0.25) is 9.59 Å². The number of carbonyl (C=O) groups excluding carboxylic acids is 1. The van der Waals surface area contributed by atoms with Crippen LogP contribution in [0.3, 0.4) is 0 Å². The number of aliphatic carboxylic acids is 1. The Kier molecular flexibility index (Phi) is 2.78. The van der Waals surface area contributed by atoms with E-state index in [1.165, 1.54) is 0 Å². The van der Waals surface area contributed by atoms with Crippen molar-refractivity contribution in [2.75, 3.05) is 6.54 Å². The van der Waals surface area contributed by atoms with Crippen LogP contribution in [0.15, 0.2) is 0 Å². The van der Waals surface area contributed by atoms with E-state index < -0.39 is 5.97 Å². The molecule has 4 heteroatoms. The predicted molar refractivity (Wildman–Crippen MR) is 54.6 cm³/mol. The van der Waals surface area contributed by atoms with Gasteiger partial charge in [0.1, 0.15) is 0 Å². The summed E-state index contributed by atoms with van der Waals surface area (Å²) in [6.07, 6.45) is 4.66. The minimum atomic E-state index is -0.860. The van der Waals surface area contributed by atoms with E-state index in [1.807, 2.05) is 0 Å². The Morgan fingerprint density at radius 2 is 2.27 bits per heavy atom. The molecular formula is C11H17NO3. The van der Waals surface area contributed by atoms with Crippen molar-refractivity contribution in [3.8, 4) is 0 Å². The monoisotopic (exact) mass is 211 g/mol. The molecule has 2 N–H and O–H groups in total. The van der Waals surface area contributed by atoms with Crippen LogP contribution in [0.5, 0.6) is 0 Å². The number of ketones is 1. The molecule has 15 heavy (non-hydrogen) atoms. The summed E-state index contributed by atoms with van der Waals surface area (Å²) in [6.45, 7) is 0.894. The fraction of sp³-hybridized carbons (Fsp3) is 0.818. The van der Waals surface area contributed by atoms with Crippen molar-refractivity contribution in [2.45, 2.75) is 44.1 Å². The molecule has 1 aliphatic heterocycles. The maximum absolute atomic E-state index is 12.1. The third-order valence-corrected chi connectivity index (χ3v) is 3.68. The fourth-order valence-corrected chi connectivity index (χ4v) is 2.86. The number of piperidine rings is 1. The lowest BCUT2D eigenvalue weighted by Gasteiger charge is -2.33. The molecule has 1 spiro atoms. The molecule has 2 fully saturated rings. The summed E-state index contributed by atoms with van der Waals surface area (Å²) in [6, 6.07) is 0. The molecule has 2 atom stereocenters. The summed E-state index contributed by atoms with van der Waals surface area (Å²) in [4.78, 5) is 22.7. The average molecular weight is 211 g/mol. The molecule has 84 valence electrons. The molecule has 0 bridgehead atoms. The maximum Gasteiger partial charge on any atom is 0.304 e. The highest BCUT2D eigenvalue weighted by atomic mass is 16.4. The topological polar surface area (TPSA) is 66.4 Å². The van der Waals surface area contributed by atoms with Crippen LogP contribution in [0, 0.1) is 5.92 Å². The summed E-state index contributed by atoms with van der Waals surface area (Å²) in [5.74, 6) is -0.973. The largest absolute Gasteiger partial charge is 0.481 e. The highest BCUT2D eigenvalue weighted by molar-refractivity contribution is 5.94. The summed E-state index contributed by atoms with van der Waals surface area (Å²) >= 11 is 0. The van der Waals surface area contributed by atoms with Gasteiger partial charge in [-0.15, -0.1) is 0 Å². The number of carbonyl (C=O) groups is 2. The lowest BCUT2D eigenvalue weighted by molar-refractivity contribution is -0.140. The Labute approximate surface area is 89.0 Å². The third-order valence-electron chi connectivity index (χ3n) is 3.68. The van der Waals surface area contributed by atoms with Crippen molar-refractivity contribution in [2.24, 2.45) is 5.92 Å². The van der Waals surface area contributed by atoms with Gasteiger partial charge >= 0.3 is 5.97 Å². The first kappa shape index (κ1) is 10.6. The predicted octanol–water partition coefficient (Wildman–Crippen LogP) is 0.952. The third kappa shape index (κ3) is 1.91. The van der Waals surface area contributed by atoms with Gasteiger partial charge < -0.3 is 10.4 Å². The minimum Gasteiger partial charge on any atom is -0.481 e. The van der Waals surface area contributed by atoms with Crippen LogP contribution < -0.4 is 5.32 Å². The van der Waals surface area contributed by atoms with E-state index in [-0.39, 0.29) is 23.7 Å². The zero-order valence-electron chi connectivity index (χ0n) is 8.79. The molecule has 2 unspecified atom stereocenters. The Morgan fingerprint density at radius 1 is 1.47 bits per heavy atom. The van der Waals surface area contributed by atoms with E-state index in [1.54, 1.807) is 0 Å². The first-order valence-electron chi connectivity index (χ1n) is 5.65. The Morgan fingerprint density at radius 3 is 2.87 bits per heavy atom. The van der Waals surface area contributed by atoms with E-state index in [2.05, 4.69) is 5.32 Å². The Balaban J connectivity index is 2.05. The lowest BCUT2D eigenvalue weighted by Crippen LogP contribution is -2.52. The number of carboxylic acids is 1. The van der Waals surface area contributed by atoms with Gasteiger partial charge in [-0.2, -0.15) is 0 Å². The van der Waals surface area contributed by atoms with Crippen LogP contribution in [-0.2, 0) is 9.59 Å². The molecule has 0 amide bonds. The maximum atomic E-state index is 12.1. The van der Waals surface area contributed by atoms with Crippen molar-refractivity contribution in [1.29, 1.82) is 0 Å². The Bertz CT molecular complexity index is 282. The van der Waals surface area contributed by atoms with Crippen molar-refractivity contribution in [3.05, 3.63) is 0 Å². The quantitative estimate of drug-likeness (QED) is 0.713. The van der Waals surface area contributed by atoms with E-state index in [4.69, 9.17) is 5.11 Å². The molecule has 0 aromatic rings. The van der Waals surface area contributed by atoms with E-state index in [0.717, 1.165) is 38.6 Å². The van der Waals surface area contributed by atoms with Gasteiger partial charge in [0.15, 0.2) is 5.78 Å². The molecule has 4 nitrogen and oxygen atoms in total. The first-order chi connectivity index (χ1) is 7.14. The zero-order valence-corrected chi connectivity index (χ0v) is 8.79. The van der Waals surface area contributed by atoms with Gasteiger partial charge in [-0.25, -0.2) is 0 Å². The summed E-state index contributed by atoms with van der Waals surface area (Å²) in [5.41, 5.74) is -0.363. The highest BCUT2D eigenvalue weighted by Crippen LogP contribution is 2.38. The van der Waals surface area contributed by atoms with Gasteiger partial charge in [-0.05, 0) is 38.6 Å². The normalized spacial score (nSPS) is 36.0. The van der Waals surface area contributed by atoms with Gasteiger partial charge in [0.2, 0.25) is 0 Å². The van der Waals surface area contributed by atoms with E-state index in [0.29, 0.717) is 0 Å². The van der Waals surface area contributed by atoms with Gasteiger partial charge in [0.05, 0.1) is 12.0 Å². The van der Waals surface area contributed by atoms with E-state index in [9.17, 15) is 9.59 Å². The van der Waals surface area contributed by atoms with Crippen LogP contribution in [0.4, 0.5) is 0 Å². The number of rotatable bonds is 2. The number of nitrogens with one attached hydrogen (secondary N) is 1. The standard InChI is InChI=1S/C11H17NO3/c13-9(14)7-8-3-5-11(10(8)15)4-1-2-6-12-11/h8,12H,1-7H2,(H,13,14). The molecule has 2 aliphatic rings. The highest BCUT2D eigenvalue weighted by Gasteiger charge is 2.48. The average Bonchev–Trinajstić information content (AvgIpc) is 2.48. The molecule has 1 heterocycles. The first-order valence-corrected chi connectivity index (χ1v) is 5.65. The van der Waals surface area contributed by atoms with Crippen molar-refractivity contribution >= 4 is 11.8 Å². The second-order valence-corrected chi connectivity index (χ2v) is 4.66. The Hall–Kier alpha value is -0.900. The summed E-state index contributed by atoms with van der Waals surface area (Å²) in [5, 5.41) is 12.0. The van der Waals surface area contributed by atoms with Crippen LogP contribution in [0.2, 0.25) is 0 Å². The van der Waals surface area contributed by atoms with Crippen LogP contribution in [0.1, 0.15) is 38.5 Å². The van der Waals surface area contributed by atoms with Crippen LogP contribution in [-0.4, -0.2) is 28.9 Å². The number of hydrogen-bond donors (Lipinski definition) is 2. The lowest BCUT2D eigenvalue weighted by atomic mass is 9.85. The molecule has 0 radical (unpaired) electrons. The smallest absolute Gasteiger partial charge is 0.304 e. The SMILES string of the molecule is O=C(O)CC1CCC2(CCCCN2)C1=O. The minimum absolute atomic E-state index is 0.00225. The summed E-state index contributed by atoms with van der Waals surface area (Å²) in [7, 11) is 0.